The summed E-state index contributed by atoms with van der Waals surface area (Å²) in [6.07, 6.45) is 0.902. The molecule has 1 aliphatic rings. The summed E-state index contributed by atoms with van der Waals surface area (Å²) in [5.74, 6) is 1.82. The second-order valence-corrected chi connectivity index (χ2v) is 9.12. The first kappa shape index (κ1) is 22.9. The highest BCUT2D eigenvalue weighted by Crippen LogP contribution is 2.37. The minimum absolute atomic E-state index is 0.0321. The molecule has 3 aromatic rings. The van der Waals surface area contributed by atoms with Gasteiger partial charge in [0, 0.05) is 25.3 Å². The molecule has 2 aromatic carbocycles. The summed E-state index contributed by atoms with van der Waals surface area (Å²) in [6.45, 7) is 4.13. The molecule has 2 heterocycles. The molecule has 10 heteroatoms. The molecule has 0 amide bonds. The normalized spacial score (nSPS) is 13.0. The summed E-state index contributed by atoms with van der Waals surface area (Å²) < 4.78 is 54.5. The van der Waals surface area contributed by atoms with Crippen LogP contribution in [0.15, 0.2) is 56.8 Å². The first-order chi connectivity index (χ1) is 16.0. The van der Waals surface area contributed by atoms with Crippen molar-refractivity contribution in [3.8, 4) is 28.7 Å². The zero-order valence-electron chi connectivity index (χ0n) is 18.5. The highest BCUT2D eigenvalue weighted by molar-refractivity contribution is 7.91. The van der Waals surface area contributed by atoms with Gasteiger partial charge in [-0.15, -0.1) is 0 Å². The Balaban J connectivity index is 1.69. The first-order valence-corrected chi connectivity index (χ1v) is 12.1. The third-order valence-corrected chi connectivity index (χ3v) is 6.50. The zero-order valence-corrected chi connectivity index (χ0v) is 19.3. The van der Waals surface area contributed by atoms with Gasteiger partial charge in [-0.1, -0.05) is 6.92 Å². The van der Waals surface area contributed by atoms with Crippen molar-refractivity contribution in [2.75, 3.05) is 45.4 Å². The lowest BCUT2D eigenvalue weighted by Crippen LogP contribution is -2.16. The van der Waals surface area contributed by atoms with Gasteiger partial charge in [-0.05, 0) is 42.8 Å². The predicted octanol–water partition coefficient (Wildman–Crippen LogP) is 3.79. The fourth-order valence-electron chi connectivity index (χ4n) is 3.21. The predicted molar refractivity (Wildman–Crippen MR) is 121 cm³/mol. The molecule has 1 aliphatic heterocycles. The molecule has 0 unspecified atom stereocenters. The number of nitrogens with zero attached hydrogens (tertiary/aromatic N) is 1. The van der Waals surface area contributed by atoms with Crippen molar-refractivity contribution in [2.45, 2.75) is 23.3 Å². The molecule has 0 saturated carbocycles. The lowest BCUT2D eigenvalue weighted by atomic mass is 10.2. The standard InChI is InChI=1S/C23H26N2O7S/c1-3-11-29-17-6-4-16(5-7-17)21-25-23(22(32-21)24-10-12-28-2)33(26,27)18-8-9-19-20(15-18)31-14-13-30-19/h4-9,15,24H,3,10-14H2,1-2H3. The van der Waals surface area contributed by atoms with Gasteiger partial charge in [0.2, 0.25) is 26.6 Å². The van der Waals surface area contributed by atoms with Crippen LogP contribution in [0, 0.1) is 0 Å². The number of benzene rings is 2. The van der Waals surface area contributed by atoms with Crippen molar-refractivity contribution in [3.05, 3.63) is 42.5 Å². The van der Waals surface area contributed by atoms with Crippen LogP contribution in [0.2, 0.25) is 0 Å². The summed E-state index contributed by atoms with van der Waals surface area (Å²) in [4.78, 5) is 4.37. The van der Waals surface area contributed by atoms with E-state index in [1.807, 2.05) is 6.92 Å². The fraction of sp³-hybridized carbons (Fsp3) is 0.348. The number of fused-ring (bicyclic) bond motifs is 1. The third-order valence-electron chi connectivity index (χ3n) is 4.84. The Kier molecular flexibility index (Phi) is 7.05. The molecule has 4 rings (SSSR count). The van der Waals surface area contributed by atoms with E-state index in [-0.39, 0.29) is 21.7 Å². The molecule has 0 radical (unpaired) electrons. The third kappa shape index (κ3) is 5.07. The fourth-order valence-corrected chi connectivity index (χ4v) is 4.50. The Morgan fingerprint density at radius 2 is 1.79 bits per heavy atom. The van der Waals surface area contributed by atoms with Crippen molar-refractivity contribution in [1.29, 1.82) is 0 Å². The lowest BCUT2D eigenvalue weighted by molar-refractivity contribution is 0.171. The van der Waals surface area contributed by atoms with Crippen molar-refractivity contribution in [3.63, 3.8) is 0 Å². The van der Waals surface area contributed by atoms with Gasteiger partial charge in [-0.25, -0.2) is 8.42 Å². The maximum atomic E-state index is 13.5. The van der Waals surface area contributed by atoms with E-state index in [4.69, 9.17) is 23.4 Å². The molecule has 0 saturated heterocycles. The van der Waals surface area contributed by atoms with Crippen LogP contribution in [0.3, 0.4) is 0 Å². The van der Waals surface area contributed by atoms with Crippen LogP contribution in [0.25, 0.3) is 11.5 Å². The smallest absolute Gasteiger partial charge is 0.233 e. The molecule has 33 heavy (non-hydrogen) atoms. The summed E-state index contributed by atoms with van der Waals surface area (Å²) in [6, 6.07) is 11.6. The van der Waals surface area contributed by atoms with Crippen molar-refractivity contribution >= 4 is 15.7 Å². The van der Waals surface area contributed by atoms with Crippen LogP contribution in [-0.4, -0.2) is 53.5 Å². The SMILES string of the molecule is CCCOc1ccc(-c2nc(S(=O)(=O)c3ccc4c(c3)OCCO4)c(NCCOC)o2)cc1. The van der Waals surface area contributed by atoms with E-state index in [2.05, 4.69) is 10.3 Å². The van der Waals surface area contributed by atoms with E-state index in [9.17, 15) is 8.42 Å². The summed E-state index contributed by atoms with van der Waals surface area (Å²) >= 11 is 0. The monoisotopic (exact) mass is 474 g/mol. The molecular formula is C23H26N2O7S. The largest absolute Gasteiger partial charge is 0.494 e. The Hall–Kier alpha value is -3.24. The Bertz CT molecular complexity index is 1190. The molecule has 0 atom stereocenters. The van der Waals surface area contributed by atoms with Crippen LogP contribution in [0.5, 0.6) is 17.2 Å². The second-order valence-electron chi connectivity index (χ2n) is 7.25. The van der Waals surface area contributed by atoms with Gasteiger partial charge < -0.3 is 28.7 Å². The van der Waals surface area contributed by atoms with Gasteiger partial charge in [-0.2, -0.15) is 4.98 Å². The minimum Gasteiger partial charge on any atom is -0.494 e. The van der Waals surface area contributed by atoms with Gasteiger partial charge in [0.1, 0.15) is 19.0 Å². The number of anilines is 1. The molecule has 0 spiro atoms. The molecule has 1 aromatic heterocycles. The number of rotatable bonds is 10. The highest BCUT2D eigenvalue weighted by Gasteiger charge is 2.30. The minimum atomic E-state index is -4.02. The van der Waals surface area contributed by atoms with Crippen LogP contribution in [0.4, 0.5) is 5.88 Å². The van der Waals surface area contributed by atoms with Crippen molar-refractivity contribution < 1.29 is 31.8 Å². The number of methoxy groups -OCH3 is 1. The Labute approximate surface area is 192 Å². The number of ether oxygens (including phenoxy) is 4. The van der Waals surface area contributed by atoms with Crippen LogP contribution >= 0.6 is 0 Å². The summed E-state index contributed by atoms with van der Waals surface area (Å²) in [5, 5.41) is 2.76. The molecule has 0 bridgehead atoms. The second kappa shape index (κ2) is 10.1. The van der Waals surface area contributed by atoms with E-state index < -0.39 is 9.84 Å². The Morgan fingerprint density at radius 3 is 2.52 bits per heavy atom. The van der Waals surface area contributed by atoms with E-state index in [0.29, 0.717) is 50.0 Å². The van der Waals surface area contributed by atoms with Crippen molar-refractivity contribution in [1.82, 2.24) is 4.98 Å². The van der Waals surface area contributed by atoms with E-state index >= 15 is 0 Å². The van der Waals surface area contributed by atoms with Gasteiger partial charge >= 0.3 is 0 Å². The van der Waals surface area contributed by atoms with Crippen molar-refractivity contribution in [2.24, 2.45) is 0 Å². The molecule has 0 aliphatic carbocycles. The number of hydrogen-bond acceptors (Lipinski definition) is 9. The van der Waals surface area contributed by atoms with E-state index in [1.165, 1.54) is 12.1 Å². The molecule has 9 nitrogen and oxygen atoms in total. The average molecular weight is 475 g/mol. The summed E-state index contributed by atoms with van der Waals surface area (Å²) in [7, 11) is -2.46. The molecule has 1 N–H and O–H groups in total. The maximum Gasteiger partial charge on any atom is 0.233 e. The number of sulfone groups is 1. The number of nitrogens with one attached hydrogen (secondary N) is 1. The topological polar surface area (TPSA) is 109 Å². The van der Waals surface area contributed by atoms with E-state index in [0.717, 1.165) is 12.2 Å². The van der Waals surface area contributed by atoms with Gasteiger partial charge in [0.25, 0.3) is 0 Å². The highest BCUT2D eigenvalue weighted by atomic mass is 32.2. The number of aromatic nitrogens is 1. The van der Waals surface area contributed by atoms with Crippen LogP contribution in [0.1, 0.15) is 13.3 Å². The number of hydrogen-bond donors (Lipinski definition) is 1. The van der Waals surface area contributed by atoms with Gasteiger partial charge in [-0.3, -0.25) is 0 Å². The van der Waals surface area contributed by atoms with Crippen LogP contribution in [-0.2, 0) is 14.6 Å². The molecular weight excluding hydrogens is 448 g/mol. The zero-order chi connectivity index (χ0) is 23.3. The Morgan fingerprint density at radius 1 is 1.03 bits per heavy atom. The first-order valence-electron chi connectivity index (χ1n) is 10.6. The molecule has 0 fully saturated rings. The van der Waals surface area contributed by atoms with E-state index in [1.54, 1.807) is 37.4 Å². The average Bonchev–Trinajstić information content (AvgIpc) is 3.28. The van der Waals surface area contributed by atoms with Gasteiger partial charge in [0.05, 0.1) is 18.1 Å². The van der Waals surface area contributed by atoms with Gasteiger partial charge in [0.15, 0.2) is 11.5 Å². The number of oxazole rings is 1. The van der Waals surface area contributed by atoms with Crippen LogP contribution < -0.4 is 19.5 Å². The quantitative estimate of drug-likeness (QED) is 0.439. The summed E-state index contributed by atoms with van der Waals surface area (Å²) in [5.41, 5.74) is 0.622. The molecule has 176 valence electrons. The lowest BCUT2D eigenvalue weighted by Gasteiger charge is -2.18. The maximum absolute atomic E-state index is 13.5.